The van der Waals surface area contributed by atoms with Crippen LogP contribution in [-0.4, -0.2) is 45.9 Å². The van der Waals surface area contributed by atoms with E-state index in [1.807, 2.05) is 84.9 Å². The molecule has 0 radical (unpaired) electrons. The van der Waals surface area contributed by atoms with E-state index >= 15 is 0 Å². The van der Waals surface area contributed by atoms with Crippen LogP contribution in [0.1, 0.15) is 55.0 Å². The van der Waals surface area contributed by atoms with Crippen LogP contribution < -0.4 is 20.1 Å². The molecule has 1 aliphatic carbocycles. The maximum Gasteiger partial charge on any atom is 0.243 e. The number of nitrogens with zero attached hydrogens (tertiary/aromatic N) is 2. The third kappa shape index (κ3) is 8.43. The van der Waals surface area contributed by atoms with Crippen molar-refractivity contribution in [2.24, 2.45) is 5.92 Å². The van der Waals surface area contributed by atoms with Crippen molar-refractivity contribution in [1.82, 2.24) is 20.4 Å². The van der Waals surface area contributed by atoms with Crippen LogP contribution in [0.25, 0.3) is 5.69 Å². The van der Waals surface area contributed by atoms with Gasteiger partial charge in [0.05, 0.1) is 24.4 Å². The molecule has 1 unspecified atom stereocenters. The van der Waals surface area contributed by atoms with E-state index in [0.717, 1.165) is 48.2 Å². The summed E-state index contributed by atoms with van der Waals surface area (Å²) in [5, 5.41) is 22.2. The van der Waals surface area contributed by atoms with Crippen LogP contribution >= 0.6 is 0 Å². The first-order valence-electron chi connectivity index (χ1n) is 15.8. The highest BCUT2D eigenvalue weighted by atomic mass is 16.5. The predicted octanol–water partition coefficient (Wildman–Crippen LogP) is 5.47. The van der Waals surface area contributed by atoms with Crippen molar-refractivity contribution >= 4 is 11.8 Å². The fourth-order valence-electron chi connectivity index (χ4n) is 5.70. The van der Waals surface area contributed by atoms with Crippen molar-refractivity contribution in [2.45, 2.75) is 63.3 Å². The summed E-state index contributed by atoms with van der Waals surface area (Å²) in [6.45, 7) is 4.09. The Balaban J connectivity index is 1.34. The van der Waals surface area contributed by atoms with E-state index in [2.05, 4.69) is 22.3 Å². The molecule has 0 bridgehead atoms. The number of carbonyl (C=O) groups is 2. The Bertz CT molecular complexity index is 1570. The SMILES string of the molecule is C=C[C@H](C(=O)N[C@@H](Cc1ccccc1)C(=O)NC1CCCCC1)C(O)c1cc(OCc2ccc(OC)cc2)n(-c2ccccc2)n1. The Morgan fingerprint density at radius 3 is 2.28 bits per heavy atom. The molecule has 46 heavy (non-hydrogen) atoms. The number of methoxy groups -OCH3 is 1. The number of aliphatic hydroxyl groups is 1. The molecule has 3 N–H and O–H groups in total. The van der Waals surface area contributed by atoms with Gasteiger partial charge >= 0.3 is 0 Å². The summed E-state index contributed by atoms with van der Waals surface area (Å²) in [4.78, 5) is 27.2. The summed E-state index contributed by atoms with van der Waals surface area (Å²) in [6, 6.07) is 27.4. The highest BCUT2D eigenvalue weighted by Crippen LogP contribution is 2.29. The Hall–Kier alpha value is -4.89. The number of hydrogen-bond acceptors (Lipinski definition) is 6. The number of para-hydroxylation sites is 1. The van der Waals surface area contributed by atoms with Gasteiger partial charge in [0.15, 0.2) is 0 Å². The number of aromatic nitrogens is 2. The number of ether oxygens (including phenoxy) is 2. The summed E-state index contributed by atoms with van der Waals surface area (Å²) >= 11 is 0. The third-order valence-corrected chi connectivity index (χ3v) is 8.31. The average Bonchev–Trinajstić information content (AvgIpc) is 3.53. The summed E-state index contributed by atoms with van der Waals surface area (Å²) in [5.74, 6) is -0.682. The second kappa shape index (κ2) is 15.9. The minimum Gasteiger partial charge on any atom is -0.497 e. The average molecular weight is 623 g/mol. The number of hydrogen-bond donors (Lipinski definition) is 3. The number of carbonyl (C=O) groups excluding carboxylic acids is 2. The fourth-order valence-corrected chi connectivity index (χ4v) is 5.70. The van der Waals surface area contributed by atoms with Gasteiger partial charge in [-0.25, -0.2) is 4.68 Å². The topological polar surface area (TPSA) is 115 Å². The molecule has 3 aromatic carbocycles. The van der Waals surface area contributed by atoms with Crippen LogP contribution in [-0.2, 0) is 22.6 Å². The van der Waals surface area contributed by atoms with Crippen LogP contribution in [0.15, 0.2) is 104 Å². The van der Waals surface area contributed by atoms with E-state index in [4.69, 9.17) is 9.47 Å². The van der Waals surface area contributed by atoms with Crippen LogP contribution in [0.2, 0.25) is 0 Å². The van der Waals surface area contributed by atoms with Crippen molar-refractivity contribution in [1.29, 1.82) is 0 Å². The van der Waals surface area contributed by atoms with Gasteiger partial charge in [0.25, 0.3) is 0 Å². The van der Waals surface area contributed by atoms with Gasteiger partial charge in [-0.3, -0.25) is 9.59 Å². The summed E-state index contributed by atoms with van der Waals surface area (Å²) in [6.07, 6.45) is 5.54. The van der Waals surface area contributed by atoms with Crippen LogP contribution in [0.5, 0.6) is 11.6 Å². The van der Waals surface area contributed by atoms with Gasteiger partial charge in [-0.05, 0) is 48.2 Å². The molecule has 9 nitrogen and oxygen atoms in total. The molecule has 4 aromatic rings. The van der Waals surface area contributed by atoms with E-state index in [-0.39, 0.29) is 24.2 Å². The molecule has 0 aliphatic heterocycles. The van der Waals surface area contributed by atoms with Crippen molar-refractivity contribution < 1.29 is 24.2 Å². The molecular formula is C37H42N4O5. The minimum atomic E-state index is -1.34. The molecule has 240 valence electrons. The molecule has 1 saturated carbocycles. The highest BCUT2D eigenvalue weighted by molar-refractivity contribution is 5.89. The second-order valence-electron chi connectivity index (χ2n) is 11.6. The molecule has 3 atom stereocenters. The minimum absolute atomic E-state index is 0.0931. The number of nitrogens with one attached hydrogen (secondary N) is 2. The standard InChI is InChI=1S/C37H42N4O5/c1-3-31(36(43)39-33(23-26-13-7-4-8-14-26)37(44)38-28-15-9-5-10-16-28)35(42)32-24-34(41(40-32)29-17-11-6-12-18-29)46-25-27-19-21-30(45-2)22-20-27/h3-4,6-8,11-14,17-22,24,28,31,33,35,42H,1,5,9-10,15-16,23,25H2,2H3,(H,38,44)(H,39,43)/t31-,33-,35?/m0/s1. The zero-order chi connectivity index (χ0) is 32.3. The van der Waals surface area contributed by atoms with E-state index in [9.17, 15) is 14.7 Å². The van der Waals surface area contributed by atoms with Gasteiger partial charge in [-0.1, -0.05) is 86.0 Å². The normalized spacial score (nSPS) is 15.3. The van der Waals surface area contributed by atoms with Crippen LogP contribution in [0.4, 0.5) is 0 Å². The lowest BCUT2D eigenvalue weighted by Gasteiger charge is -2.27. The Labute approximate surface area is 270 Å². The van der Waals surface area contributed by atoms with Crippen LogP contribution in [0.3, 0.4) is 0 Å². The van der Waals surface area contributed by atoms with Gasteiger partial charge in [-0.2, -0.15) is 5.10 Å². The van der Waals surface area contributed by atoms with Gasteiger partial charge in [0, 0.05) is 18.5 Å². The molecule has 1 aromatic heterocycles. The second-order valence-corrected chi connectivity index (χ2v) is 11.6. The first-order chi connectivity index (χ1) is 22.4. The van der Waals surface area contributed by atoms with E-state index < -0.39 is 24.0 Å². The lowest BCUT2D eigenvalue weighted by Crippen LogP contribution is -2.52. The quantitative estimate of drug-likeness (QED) is 0.161. The number of aliphatic hydroxyl groups excluding tert-OH is 1. The largest absolute Gasteiger partial charge is 0.497 e. The first kappa shape index (κ1) is 32.5. The Morgan fingerprint density at radius 1 is 0.957 bits per heavy atom. The summed E-state index contributed by atoms with van der Waals surface area (Å²) < 4.78 is 13.0. The van der Waals surface area contributed by atoms with Gasteiger partial charge < -0.3 is 25.2 Å². The highest BCUT2D eigenvalue weighted by Gasteiger charge is 2.32. The summed E-state index contributed by atoms with van der Waals surface area (Å²) in [5.41, 5.74) is 2.80. The molecular weight excluding hydrogens is 580 g/mol. The first-order valence-corrected chi connectivity index (χ1v) is 15.8. The maximum atomic E-state index is 13.7. The molecule has 1 aliphatic rings. The number of amides is 2. The molecule has 9 heteroatoms. The molecule has 1 fully saturated rings. The van der Waals surface area contributed by atoms with E-state index in [1.165, 1.54) is 12.5 Å². The van der Waals surface area contributed by atoms with Crippen molar-refractivity contribution in [3.63, 3.8) is 0 Å². The Kier molecular flexibility index (Phi) is 11.2. The third-order valence-electron chi connectivity index (χ3n) is 8.31. The molecule has 0 spiro atoms. The molecule has 2 amide bonds. The Morgan fingerprint density at radius 2 is 1.63 bits per heavy atom. The van der Waals surface area contributed by atoms with Gasteiger partial charge in [0.2, 0.25) is 17.7 Å². The molecule has 1 heterocycles. The lowest BCUT2D eigenvalue weighted by atomic mass is 9.94. The zero-order valence-corrected chi connectivity index (χ0v) is 26.2. The van der Waals surface area contributed by atoms with E-state index in [0.29, 0.717) is 12.3 Å². The monoisotopic (exact) mass is 622 g/mol. The molecule has 0 saturated heterocycles. The van der Waals surface area contributed by atoms with Crippen molar-refractivity contribution in [2.75, 3.05) is 7.11 Å². The number of benzene rings is 3. The summed E-state index contributed by atoms with van der Waals surface area (Å²) in [7, 11) is 1.61. The van der Waals surface area contributed by atoms with Crippen molar-refractivity contribution in [3.8, 4) is 17.3 Å². The van der Waals surface area contributed by atoms with E-state index in [1.54, 1.807) is 17.9 Å². The number of rotatable bonds is 14. The van der Waals surface area contributed by atoms with Crippen molar-refractivity contribution in [3.05, 3.63) is 120 Å². The maximum absolute atomic E-state index is 13.7. The fraction of sp³-hybridized carbons (Fsp3) is 0.324. The van der Waals surface area contributed by atoms with Crippen LogP contribution in [0, 0.1) is 5.92 Å². The smallest absolute Gasteiger partial charge is 0.243 e. The predicted molar refractivity (Wildman–Crippen MR) is 177 cm³/mol. The van der Waals surface area contributed by atoms with Gasteiger partial charge in [0.1, 0.15) is 24.5 Å². The molecule has 5 rings (SSSR count). The van der Waals surface area contributed by atoms with Gasteiger partial charge in [-0.15, -0.1) is 6.58 Å². The zero-order valence-electron chi connectivity index (χ0n) is 26.2. The lowest BCUT2D eigenvalue weighted by molar-refractivity contribution is -0.132.